The van der Waals surface area contributed by atoms with E-state index in [4.69, 9.17) is 4.74 Å². The summed E-state index contributed by atoms with van der Waals surface area (Å²) < 4.78 is 21.1. The van der Waals surface area contributed by atoms with E-state index in [2.05, 4.69) is 27.6 Å². The van der Waals surface area contributed by atoms with Gasteiger partial charge in [0.1, 0.15) is 17.7 Å². The number of aryl methyl sites for hydroxylation is 2. The molecule has 0 fully saturated rings. The van der Waals surface area contributed by atoms with E-state index >= 15 is 0 Å². The maximum Gasteiger partial charge on any atom is 0.191 e. The minimum atomic E-state index is -0.299. The lowest BCUT2D eigenvalue weighted by Gasteiger charge is -2.17. The molecule has 2 rings (SSSR count). The zero-order valence-electron chi connectivity index (χ0n) is 17.6. The van der Waals surface area contributed by atoms with E-state index in [0.717, 1.165) is 37.6 Å². The van der Waals surface area contributed by atoms with E-state index in [1.54, 1.807) is 12.1 Å². The fourth-order valence-electron chi connectivity index (χ4n) is 3.00. The Morgan fingerprint density at radius 3 is 2.68 bits per heavy atom. The topological polar surface area (TPSA) is 63.5 Å². The lowest BCUT2D eigenvalue weighted by atomic mass is 10.1. The molecular weight excluding hydrogens is 357 g/mol. The van der Waals surface area contributed by atoms with E-state index < -0.39 is 0 Å². The molecule has 6 nitrogen and oxygen atoms in total. The number of hydrogen-bond donors (Lipinski definition) is 2. The highest BCUT2D eigenvalue weighted by atomic mass is 19.1. The largest absolute Gasteiger partial charge is 0.488 e. The van der Waals surface area contributed by atoms with E-state index in [0.29, 0.717) is 12.3 Å². The Morgan fingerprint density at radius 1 is 1.29 bits per heavy atom. The van der Waals surface area contributed by atoms with Crippen LogP contribution in [0, 0.1) is 19.7 Å². The lowest BCUT2D eigenvalue weighted by Crippen LogP contribution is -2.39. The van der Waals surface area contributed by atoms with Gasteiger partial charge in [0.15, 0.2) is 5.96 Å². The van der Waals surface area contributed by atoms with Crippen LogP contribution in [0.25, 0.3) is 0 Å². The van der Waals surface area contributed by atoms with Gasteiger partial charge in [0.2, 0.25) is 0 Å². The first-order valence-electron chi connectivity index (χ1n) is 9.88. The van der Waals surface area contributed by atoms with Gasteiger partial charge < -0.3 is 15.4 Å². The lowest BCUT2D eigenvalue weighted by molar-refractivity contribution is 0.205. The van der Waals surface area contributed by atoms with Crippen molar-refractivity contribution in [2.45, 2.75) is 46.6 Å². The van der Waals surface area contributed by atoms with E-state index in [1.165, 1.54) is 23.4 Å². The summed E-state index contributed by atoms with van der Waals surface area (Å²) in [6.45, 7) is 10.2. The summed E-state index contributed by atoms with van der Waals surface area (Å²) in [5, 5.41) is 11.1. The van der Waals surface area contributed by atoms with E-state index in [9.17, 15) is 4.39 Å². The molecule has 0 bridgehead atoms. The average Bonchev–Trinajstić information content (AvgIpc) is 2.90. The molecule has 2 N–H and O–H groups in total. The van der Waals surface area contributed by atoms with Crippen LogP contribution in [0.3, 0.4) is 0 Å². The van der Waals surface area contributed by atoms with Crippen molar-refractivity contribution in [3.05, 3.63) is 47.0 Å². The van der Waals surface area contributed by atoms with Gasteiger partial charge in [-0.3, -0.25) is 4.68 Å². The van der Waals surface area contributed by atoms with Gasteiger partial charge in [0, 0.05) is 31.9 Å². The van der Waals surface area contributed by atoms with E-state index in [1.807, 2.05) is 32.5 Å². The molecule has 1 atom stereocenters. The standard InChI is InChI=1S/C21H32FN5O/c1-6-18(28-19-10-8-9-17(22)13-19)14-25-21(23-7-2)24-12-11-20-15(3)26-27(5)16(20)4/h8-10,13,18H,6-7,11-12,14H2,1-5H3,(H2,23,24,25). The molecule has 0 aliphatic carbocycles. The summed E-state index contributed by atoms with van der Waals surface area (Å²) in [6.07, 6.45) is 1.56. The molecule has 0 radical (unpaired) electrons. The van der Waals surface area contributed by atoms with Crippen molar-refractivity contribution >= 4 is 5.96 Å². The number of benzene rings is 1. The highest BCUT2D eigenvalue weighted by Gasteiger charge is 2.11. The fourth-order valence-corrected chi connectivity index (χ4v) is 3.00. The first kappa shape index (κ1) is 21.7. The summed E-state index contributed by atoms with van der Waals surface area (Å²) in [6, 6.07) is 6.21. The Labute approximate surface area is 167 Å². The van der Waals surface area contributed by atoms with Crippen LogP contribution in [0.5, 0.6) is 5.75 Å². The van der Waals surface area contributed by atoms with Gasteiger partial charge in [-0.25, -0.2) is 9.38 Å². The summed E-state index contributed by atoms with van der Waals surface area (Å²) in [5.74, 6) is 0.984. The molecule has 1 aromatic carbocycles. The molecule has 1 heterocycles. The van der Waals surface area contributed by atoms with Gasteiger partial charge in [-0.05, 0) is 51.3 Å². The van der Waals surface area contributed by atoms with Crippen LogP contribution in [-0.4, -0.2) is 41.5 Å². The third-order valence-corrected chi connectivity index (χ3v) is 4.68. The number of rotatable bonds is 9. The second kappa shape index (κ2) is 10.7. The van der Waals surface area contributed by atoms with Crippen LogP contribution in [0.4, 0.5) is 4.39 Å². The molecule has 0 aliphatic rings. The Balaban J connectivity index is 1.92. The Morgan fingerprint density at radius 2 is 2.07 bits per heavy atom. The third kappa shape index (κ3) is 6.25. The molecule has 0 saturated carbocycles. The fraction of sp³-hybridized carbons (Fsp3) is 0.524. The molecule has 1 unspecified atom stereocenters. The van der Waals surface area contributed by atoms with Crippen molar-refractivity contribution in [2.75, 3.05) is 19.6 Å². The highest BCUT2D eigenvalue weighted by Crippen LogP contribution is 2.15. The highest BCUT2D eigenvalue weighted by molar-refractivity contribution is 5.79. The number of halogens is 1. The monoisotopic (exact) mass is 389 g/mol. The molecule has 0 aliphatic heterocycles. The predicted octanol–water partition coefficient (Wildman–Crippen LogP) is 3.13. The minimum absolute atomic E-state index is 0.111. The Kier molecular flexibility index (Phi) is 8.29. The summed E-state index contributed by atoms with van der Waals surface area (Å²) >= 11 is 0. The molecule has 2 aromatic rings. The zero-order valence-corrected chi connectivity index (χ0v) is 17.6. The number of nitrogens with one attached hydrogen (secondary N) is 2. The minimum Gasteiger partial charge on any atom is -0.488 e. The maximum absolute atomic E-state index is 13.3. The number of guanidine groups is 1. The third-order valence-electron chi connectivity index (χ3n) is 4.68. The molecule has 28 heavy (non-hydrogen) atoms. The van der Waals surface area contributed by atoms with Crippen LogP contribution in [0.2, 0.25) is 0 Å². The molecule has 0 amide bonds. The first-order valence-corrected chi connectivity index (χ1v) is 9.88. The average molecular weight is 390 g/mol. The van der Waals surface area contributed by atoms with Gasteiger partial charge in [-0.1, -0.05) is 13.0 Å². The van der Waals surface area contributed by atoms with Gasteiger partial charge in [-0.15, -0.1) is 0 Å². The Bertz CT molecular complexity index is 787. The van der Waals surface area contributed by atoms with E-state index in [-0.39, 0.29) is 11.9 Å². The molecule has 0 saturated heterocycles. The number of aromatic nitrogens is 2. The number of hydrogen-bond acceptors (Lipinski definition) is 3. The predicted molar refractivity (Wildman–Crippen MR) is 111 cm³/mol. The molecular formula is C21H32FN5O. The number of aliphatic imine (C=N–C) groups is 1. The summed E-state index contributed by atoms with van der Waals surface area (Å²) in [7, 11) is 1.97. The van der Waals surface area contributed by atoms with Crippen LogP contribution in [-0.2, 0) is 13.5 Å². The van der Waals surface area contributed by atoms with Crippen molar-refractivity contribution in [1.29, 1.82) is 0 Å². The Hall–Kier alpha value is -2.57. The van der Waals surface area contributed by atoms with Gasteiger partial charge >= 0.3 is 0 Å². The summed E-state index contributed by atoms with van der Waals surface area (Å²) in [4.78, 5) is 4.64. The smallest absolute Gasteiger partial charge is 0.191 e. The van der Waals surface area contributed by atoms with Crippen molar-refractivity contribution in [3.8, 4) is 5.75 Å². The van der Waals surface area contributed by atoms with Crippen molar-refractivity contribution in [3.63, 3.8) is 0 Å². The van der Waals surface area contributed by atoms with Crippen molar-refractivity contribution < 1.29 is 9.13 Å². The second-order valence-electron chi connectivity index (χ2n) is 6.77. The molecule has 1 aromatic heterocycles. The normalized spacial score (nSPS) is 12.7. The van der Waals surface area contributed by atoms with Crippen LogP contribution in [0.15, 0.2) is 29.3 Å². The van der Waals surface area contributed by atoms with Crippen molar-refractivity contribution in [2.24, 2.45) is 12.0 Å². The van der Waals surface area contributed by atoms with Crippen LogP contribution < -0.4 is 15.4 Å². The number of ether oxygens (including phenoxy) is 1. The second-order valence-corrected chi connectivity index (χ2v) is 6.77. The molecule has 7 heteroatoms. The van der Waals surface area contributed by atoms with Crippen molar-refractivity contribution in [1.82, 2.24) is 20.4 Å². The summed E-state index contributed by atoms with van der Waals surface area (Å²) in [5.41, 5.74) is 3.53. The van der Waals surface area contributed by atoms with Gasteiger partial charge in [0.25, 0.3) is 0 Å². The maximum atomic E-state index is 13.3. The first-order chi connectivity index (χ1) is 13.4. The molecule has 0 spiro atoms. The van der Waals surface area contributed by atoms with Gasteiger partial charge in [-0.2, -0.15) is 5.10 Å². The van der Waals surface area contributed by atoms with Crippen LogP contribution in [0.1, 0.15) is 37.2 Å². The number of nitrogens with zero attached hydrogens (tertiary/aromatic N) is 3. The zero-order chi connectivity index (χ0) is 20.5. The quantitative estimate of drug-likeness (QED) is 0.511. The molecule has 154 valence electrons. The van der Waals surface area contributed by atoms with Gasteiger partial charge in [0.05, 0.1) is 12.2 Å². The van der Waals surface area contributed by atoms with Crippen LogP contribution >= 0.6 is 0 Å². The SMILES string of the molecule is CCNC(=NCC(CC)Oc1cccc(F)c1)NCCc1c(C)nn(C)c1C.